The van der Waals surface area contributed by atoms with Crippen molar-refractivity contribution >= 4 is 29.4 Å². The predicted molar refractivity (Wildman–Crippen MR) is 116 cm³/mol. The molecule has 0 aliphatic heterocycles. The van der Waals surface area contributed by atoms with Gasteiger partial charge in [-0.05, 0) is 35.4 Å². The van der Waals surface area contributed by atoms with Crippen molar-refractivity contribution in [1.29, 1.82) is 0 Å². The molecule has 0 saturated carbocycles. The number of thioether (sulfide) groups is 1. The summed E-state index contributed by atoms with van der Waals surface area (Å²) in [7, 11) is 0. The maximum Gasteiger partial charge on any atom is 0.315 e. The number of amides is 3. The summed E-state index contributed by atoms with van der Waals surface area (Å²) in [6.45, 7) is 1.02. The zero-order chi connectivity index (χ0) is 20.3. The summed E-state index contributed by atoms with van der Waals surface area (Å²) < 4.78 is 5.06. The number of hydrogen-bond donors (Lipinski definition) is 3. The summed E-state index contributed by atoms with van der Waals surface area (Å²) >= 11 is 1.78. The highest BCUT2D eigenvalue weighted by Crippen LogP contribution is 2.12. The molecule has 1 aromatic heterocycles. The lowest BCUT2D eigenvalue weighted by molar-refractivity contribution is 0.0996. The van der Waals surface area contributed by atoms with E-state index in [9.17, 15) is 9.59 Å². The lowest BCUT2D eigenvalue weighted by Crippen LogP contribution is -2.36. The van der Waals surface area contributed by atoms with Gasteiger partial charge in [0.05, 0.1) is 6.26 Å². The molecule has 2 aromatic carbocycles. The number of urea groups is 1. The Bertz CT molecular complexity index is 897. The highest BCUT2D eigenvalue weighted by Gasteiger charge is 2.08. The van der Waals surface area contributed by atoms with E-state index in [4.69, 9.17) is 4.42 Å². The van der Waals surface area contributed by atoms with E-state index in [0.717, 1.165) is 17.1 Å². The molecule has 1 heterocycles. The third-order valence-electron chi connectivity index (χ3n) is 4.05. The van der Waals surface area contributed by atoms with Crippen molar-refractivity contribution in [1.82, 2.24) is 10.6 Å². The highest BCUT2D eigenvalue weighted by atomic mass is 32.2. The minimum atomic E-state index is -0.301. The van der Waals surface area contributed by atoms with Gasteiger partial charge in [-0.2, -0.15) is 11.8 Å². The Morgan fingerprint density at radius 1 is 0.862 bits per heavy atom. The molecule has 0 aliphatic rings. The smallest absolute Gasteiger partial charge is 0.315 e. The van der Waals surface area contributed by atoms with E-state index in [1.807, 2.05) is 30.3 Å². The van der Waals surface area contributed by atoms with Crippen molar-refractivity contribution in [3.63, 3.8) is 0 Å². The Hall–Kier alpha value is -3.19. The molecule has 29 heavy (non-hydrogen) atoms. The number of furan rings is 1. The van der Waals surface area contributed by atoms with Crippen LogP contribution in [0.2, 0.25) is 0 Å². The van der Waals surface area contributed by atoms with Crippen molar-refractivity contribution in [3.05, 3.63) is 89.9 Å². The zero-order valence-corrected chi connectivity index (χ0v) is 16.7. The molecular weight excluding hydrogens is 386 g/mol. The van der Waals surface area contributed by atoms with Crippen LogP contribution in [0.5, 0.6) is 0 Å². The average Bonchev–Trinajstić information content (AvgIpc) is 3.29. The average molecular weight is 410 g/mol. The number of carbonyl (C=O) groups is 2. The molecule has 3 amide bonds. The van der Waals surface area contributed by atoms with E-state index in [1.165, 1.54) is 11.8 Å². The number of nitrogens with one attached hydrogen (secondary N) is 3. The van der Waals surface area contributed by atoms with Gasteiger partial charge in [0, 0.05) is 30.3 Å². The summed E-state index contributed by atoms with van der Waals surface area (Å²) in [5, 5.41) is 8.44. The maximum absolute atomic E-state index is 11.9. The van der Waals surface area contributed by atoms with Gasteiger partial charge in [-0.1, -0.05) is 42.5 Å². The number of anilines is 1. The van der Waals surface area contributed by atoms with E-state index in [-0.39, 0.29) is 17.7 Å². The molecule has 3 N–H and O–H groups in total. The largest absolute Gasteiger partial charge is 0.459 e. The summed E-state index contributed by atoms with van der Waals surface area (Å²) in [4.78, 5) is 23.8. The van der Waals surface area contributed by atoms with Gasteiger partial charge in [0.25, 0.3) is 5.91 Å². The van der Waals surface area contributed by atoms with Crippen LogP contribution in [0.15, 0.2) is 77.4 Å². The minimum Gasteiger partial charge on any atom is -0.459 e. The van der Waals surface area contributed by atoms with E-state index in [2.05, 4.69) is 28.1 Å². The van der Waals surface area contributed by atoms with Crippen LogP contribution in [-0.2, 0) is 12.3 Å². The number of hydrogen-bond acceptors (Lipinski definition) is 4. The normalized spacial score (nSPS) is 10.3. The third-order valence-corrected chi connectivity index (χ3v) is 5.08. The molecule has 0 spiro atoms. The number of benzene rings is 2. The van der Waals surface area contributed by atoms with E-state index in [1.54, 1.807) is 36.0 Å². The SMILES string of the molecule is O=C(NCCSCc1ccccc1)NCc1ccc(NC(=O)c2ccco2)cc1. The molecule has 6 nitrogen and oxygen atoms in total. The molecule has 0 radical (unpaired) electrons. The Kier molecular flexibility index (Phi) is 7.77. The Morgan fingerprint density at radius 3 is 2.38 bits per heavy atom. The van der Waals surface area contributed by atoms with Gasteiger partial charge in [-0.3, -0.25) is 4.79 Å². The molecule has 3 rings (SSSR count). The maximum atomic E-state index is 11.9. The molecule has 3 aromatic rings. The van der Waals surface area contributed by atoms with Crippen molar-refractivity contribution in [2.24, 2.45) is 0 Å². The van der Waals surface area contributed by atoms with Gasteiger partial charge in [0.1, 0.15) is 0 Å². The molecule has 0 atom stereocenters. The van der Waals surface area contributed by atoms with Crippen LogP contribution in [0.3, 0.4) is 0 Å². The molecule has 7 heteroatoms. The monoisotopic (exact) mass is 409 g/mol. The van der Waals surface area contributed by atoms with Gasteiger partial charge in [0.2, 0.25) is 0 Å². The molecule has 0 unspecified atom stereocenters. The molecule has 0 bridgehead atoms. The third kappa shape index (κ3) is 7.04. The van der Waals surface area contributed by atoms with E-state index < -0.39 is 0 Å². The number of carbonyl (C=O) groups excluding carboxylic acids is 2. The minimum absolute atomic E-state index is 0.194. The van der Waals surface area contributed by atoms with Gasteiger partial charge in [-0.25, -0.2) is 4.79 Å². The van der Waals surface area contributed by atoms with Crippen molar-refractivity contribution in [3.8, 4) is 0 Å². The van der Waals surface area contributed by atoms with Gasteiger partial charge in [0.15, 0.2) is 5.76 Å². The summed E-state index contributed by atoms with van der Waals surface area (Å²) in [5.74, 6) is 1.75. The highest BCUT2D eigenvalue weighted by molar-refractivity contribution is 7.98. The van der Waals surface area contributed by atoms with Crippen molar-refractivity contribution in [2.45, 2.75) is 12.3 Å². The fourth-order valence-corrected chi connectivity index (χ4v) is 3.37. The van der Waals surface area contributed by atoms with Gasteiger partial charge >= 0.3 is 6.03 Å². The van der Waals surface area contributed by atoms with Crippen LogP contribution < -0.4 is 16.0 Å². The summed E-state index contributed by atoms with van der Waals surface area (Å²) in [6.07, 6.45) is 1.46. The van der Waals surface area contributed by atoms with Crippen molar-refractivity contribution in [2.75, 3.05) is 17.6 Å². The molecule has 0 fully saturated rings. The van der Waals surface area contributed by atoms with Crippen LogP contribution in [0.25, 0.3) is 0 Å². The van der Waals surface area contributed by atoms with Crippen LogP contribution in [0.1, 0.15) is 21.7 Å². The van der Waals surface area contributed by atoms with E-state index in [0.29, 0.717) is 18.8 Å². The standard InChI is InChI=1S/C22H23N3O3S/c26-21(20-7-4-13-28-20)25-19-10-8-17(9-11-19)15-24-22(27)23-12-14-29-16-18-5-2-1-3-6-18/h1-11,13H,12,14-16H2,(H,25,26)(H2,23,24,27). The second-order valence-electron chi connectivity index (χ2n) is 6.28. The first-order valence-electron chi connectivity index (χ1n) is 9.28. The van der Waals surface area contributed by atoms with Crippen LogP contribution in [-0.4, -0.2) is 24.2 Å². The lowest BCUT2D eigenvalue weighted by Gasteiger charge is -2.09. The van der Waals surface area contributed by atoms with Crippen LogP contribution >= 0.6 is 11.8 Å². The Balaban J connectivity index is 1.31. The molecule has 150 valence electrons. The van der Waals surface area contributed by atoms with Crippen molar-refractivity contribution < 1.29 is 14.0 Å². The Morgan fingerprint density at radius 2 is 1.66 bits per heavy atom. The second kappa shape index (κ2) is 11.0. The van der Waals surface area contributed by atoms with Crippen LogP contribution in [0, 0.1) is 0 Å². The first-order chi connectivity index (χ1) is 14.2. The van der Waals surface area contributed by atoms with E-state index >= 15 is 0 Å². The topological polar surface area (TPSA) is 83.4 Å². The van der Waals surface area contributed by atoms with Gasteiger partial charge < -0.3 is 20.4 Å². The zero-order valence-electron chi connectivity index (χ0n) is 15.9. The fourth-order valence-electron chi connectivity index (χ4n) is 2.55. The summed E-state index contributed by atoms with van der Waals surface area (Å²) in [5.41, 5.74) is 2.88. The second-order valence-corrected chi connectivity index (χ2v) is 7.38. The molecular formula is C22H23N3O3S. The molecule has 0 saturated heterocycles. The first-order valence-corrected chi connectivity index (χ1v) is 10.4. The first kappa shape index (κ1) is 20.5. The quantitative estimate of drug-likeness (QED) is 0.461. The van der Waals surface area contributed by atoms with Crippen LogP contribution in [0.4, 0.5) is 10.5 Å². The number of rotatable bonds is 9. The fraction of sp³-hybridized carbons (Fsp3) is 0.182. The lowest BCUT2D eigenvalue weighted by atomic mass is 10.2. The Labute approximate surface area is 174 Å². The van der Waals surface area contributed by atoms with Gasteiger partial charge in [-0.15, -0.1) is 0 Å². The molecule has 0 aliphatic carbocycles. The summed E-state index contributed by atoms with van der Waals surface area (Å²) in [6, 6.07) is 20.6. The predicted octanol–water partition coefficient (Wildman–Crippen LogP) is 4.26.